The number of methoxy groups -OCH3 is 1. The SMILES string of the molecule is COc1ccc(C(=O)O)cc1NS(=O)(=O)N1CCOCC1. The minimum Gasteiger partial charge on any atom is -0.495 e. The summed E-state index contributed by atoms with van der Waals surface area (Å²) in [5, 5.41) is 8.97. The summed E-state index contributed by atoms with van der Waals surface area (Å²) < 4.78 is 38.3. The van der Waals surface area contributed by atoms with Crippen LogP contribution in [0, 0.1) is 0 Å². The maximum absolute atomic E-state index is 12.3. The van der Waals surface area contributed by atoms with Crippen molar-refractivity contribution < 1.29 is 27.8 Å². The number of carboxylic acids is 1. The first-order valence-corrected chi connectivity index (χ1v) is 7.65. The van der Waals surface area contributed by atoms with Gasteiger partial charge in [-0.2, -0.15) is 12.7 Å². The standard InChI is InChI=1S/C12H16N2O6S/c1-19-11-3-2-9(12(15)16)8-10(11)13-21(17,18)14-4-6-20-7-5-14/h2-3,8,13H,4-7H2,1H3,(H,15,16). The normalized spacial score (nSPS) is 16.4. The fourth-order valence-corrected chi connectivity index (χ4v) is 3.11. The summed E-state index contributed by atoms with van der Waals surface area (Å²) >= 11 is 0. The highest BCUT2D eigenvalue weighted by molar-refractivity contribution is 7.90. The molecule has 0 atom stereocenters. The zero-order chi connectivity index (χ0) is 15.5. The zero-order valence-corrected chi connectivity index (χ0v) is 12.2. The second kappa shape index (κ2) is 6.29. The molecule has 2 N–H and O–H groups in total. The molecule has 1 fully saturated rings. The molecule has 0 saturated carbocycles. The summed E-state index contributed by atoms with van der Waals surface area (Å²) in [7, 11) is -2.40. The van der Waals surface area contributed by atoms with E-state index in [0.29, 0.717) is 13.2 Å². The third-order valence-electron chi connectivity index (χ3n) is 3.00. The number of ether oxygens (including phenoxy) is 2. The summed E-state index contributed by atoms with van der Waals surface area (Å²) in [6.45, 7) is 1.15. The first-order chi connectivity index (χ1) is 9.94. The summed E-state index contributed by atoms with van der Waals surface area (Å²) in [6.07, 6.45) is 0. The van der Waals surface area contributed by atoms with Gasteiger partial charge in [0.05, 0.1) is 31.6 Å². The van der Waals surface area contributed by atoms with Gasteiger partial charge in [0.25, 0.3) is 0 Å². The van der Waals surface area contributed by atoms with E-state index in [4.69, 9.17) is 14.6 Å². The van der Waals surface area contributed by atoms with E-state index >= 15 is 0 Å². The smallest absolute Gasteiger partial charge is 0.335 e. The summed E-state index contributed by atoms with van der Waals surface area (Å²) in [4.78, 5) is 11.0. The fraction of sp³-hybridized carbons (Fsp3) is 0.417. The van der Waals surface area contributed by atoms with Crippen molar-refractivity contribution in [2.75, 3.05) is 38.1 Å². The molecular formula is C12H16N2O6S. The van der Waals surface area contributed by atoms with Crippen molar-refractivity contribution in [1.29, 1.82) is 0 Å². The van der Waals surface area contributed by atoms with E-state index in [9.17, 15) is 13.2 Å². The molecule has 0 aliphatic carbocycles. The number of nitrogens with zero attached hydrogens (tertiary/aromatic N) is 1. The molecule has 1 aliphatic heterocycles. The predicted molar refractivity (Wildman–Crippen MR) is 74.9 cm³/mol. The summed E-state index contributed by atoms with van der Waals surface area (Å²) in [6, 6.07) is 3.97. The van der Waals surface area contributed by atoms with E-state index in [1.807, 2.05) is 0 Å². The van der Waals surface area contributed by atoms with Crippen LogP contribution in [0.2, 0.25) is 0 Å². The fourth-order valence-electron chi connectivity index (χ4n) is 1.91. The molecule has 1 saturated heterocycles. The Morgan fingerprint density at radius 2 is 2.05 bits per heavy atom. The number of rotatable bonds is 5. The lowest BCUT2D eigenvalue weighted by Crippen LogP contribution is -2.43. The van der Waals surface area contributed by atoms with Crippen LogP contribution in [0.1, 0.15) is 10.4 Å². The molecular weight excluding hydrogens is 300 g/mol. The van der Waals surface area contributed by atoms with Crippen LogP contribution >= 0.6 is 0 Å². The number of morpholine rings is 1. The summed E-state index contributed by atoms with van der Waals surface area (Å²) in [5.74, 6) is -0.902. The number of benzene rings is 1. The van der Waals surface area contributed by atoms with Crippen LogP contribution in [0.15, 0.2) is 18.2 Å². The predicted octanol–water partition coefficient (Wildman–Crippen LogP) is 0.382. The highest BCUT2D eigenvalue weighted by Gasteiger charge is 2.25. The van der Waals surface area contributed by atoms with Crippen LogP contribution in [-0.4, -0.2) is 57.2 Å². The molecule has 21 heavy (non-hydrogen) atoms. The van der Waals surface area contributed by atoms with Gasteiger partial charge in [0.1, 0.15) is 5.75 Å². The largest absolute Gasteiger partial charge is 0.495 e. The Kier molecular flexibility index (Phi) is 4.66. The quantitative estimate of drug-likeness (QED) is 0.814. The topological polar surface area (TPSA) is 105 Å². The van der Waals surface area contributed by atoms with Crippen molar-refractivity contribution in [2.24, 2.45) is 0 Å². The van der Waals surface area contributed by atoms with Crippen molar-refractivity contribution in [2.45, 2.75) is 0 Å². The molecule has 1 aromatic carbocycles. The van der Waals surface area contributed by atoms with Gasteiger partial charge in [-0.1, -0.05) is 0 Å². The number of hydrogen-bond acceptors (Lipinski definition) is 5. The number of carbonyl (C=O) groups is 1. The van der Waals surface area contributed by atoms with Gasteiger partial charge < -0.3 is 14.6 Å². The minimum atomic E-state index is -3.78. The Bertz CT molecular complexity index is 625. The third kappa shape index (κ3) is 3.63. The number of hydrogen-bond donors (Lipinski definition) is 2. The molecule has 1 heterocycles. The molecule has 1 aliphatic rings. The number of aromatic carboxylic acids is 1. The van der Waals surface area contributed by atoms with Crippen LogP contribution in [0.25, 0.3) is 0 Å². The van der Waals surface area contributed by atoms with Gasteiger partial charge in [-0.15, -0.1) is 0 Å². The third-order valence-corrected chi connectivity index (χ3v) is 4.52. The maximum atomic E-state index is 12.3. The Balaban J connectivity index is 2.28. The van der Waals surface area contributed by atoms with Gasteiger partial charge >= 0.3 is 16.2 Å². The van der Waals surface area contributed by atoms with Crippen LogP contribution in [-0.2, 0) is 14.9 Å². The van der Waals surface area contributed by atoms with E-state index in [0.717, 1.165) is 0 Å². The van der Waals surface area contributed by atoms with Crippen LogP contribution in [0.3, 0.4) is 0 Å². The van der Waals surface area contributed by atoms with Gasteiger partial charge in [-0.3, -0.25) is 4.72 Å². The average molecular weight is 316 g/mol. The molecule has 1 aromatic rings. The highest BCUT2D eigenvalue weighted by Crippen LogP contribution is 2.27. The first kappa shape index (κ1) is 15.5. The lowest BCUT2D eigenvalue weighted by Gasteiger charge is -2.26. The molecule has 9 heteroatoms. The Morgan fingerprint density at radius 3 is 2.62 bits per heavy atom. The second-order valence-electron chi connectivity index (χ2n) is 4.34. The minimum absolute atomic E-state index is 0.0320. The molecule has 0 radical (unpaired) electrons. The van der Waals surface area contributed by atoms with Crippen LogP contribution in [0.5, 0.6) is 5.75 Å². The van der Waals surface area contributed by atoms with Gasteiger partial charge in [0.15, 0.2) is 0 Å². The van der Waals surface area contributed by atoms with Crippen molar-refractivity contribution in [1.82, 2.24) is 4.31 Å². The lowest BCUT2D eigenvalue weighted by atomic mass is 10.2. The van der Waals surface area contributed by atoms with Gasteiger partial charge in [0, 0.05) is 13.1 Å². The van der Waals surface area contributed by atoms with Crippen molar-refractivity contribution in [3.63, 3.8) is 0 Å². The molecule has 0 aromatic heterocycles. The van der Waals surface area contributed by atoms with E-state index in [1.165, 1.54) is 29.6 Å². The number of carboxylic acid groups (broad SMARTS) is 1. The van der Waals surface area contributed by atoms with Gasteiger partial charge in [-0.25, -0.2) is 4.79 Å². The van der Waals surface area contributed by atoms with E-state index in [1.54, 1.807) is 0 Å². The first-order valence-electron chi connectivity index (χ1n) is 6.21. The van der Waals surface area contributed by atoms with Gasteiger partial charge in [0.2, 0.25) is 0 Å². The Labute approximate surface area is 122 Å². The molecule has 0 amide bonds. The highest BCUT2D eigenvalue weighted by atomic mass is 32.2. The summed E-state index contributed by atoms with van der Waals surface area (Å²) in [5.41, 5.74) is 0.0550. The second-order valence-corrected chi connectivity index (χ2v) is 6.01. The lowest BCUT2D eigenvalue weighted by molar-refractivity contribution is 0.0697. The number of anilines is 1. The Morgan fingerprint density at radius 1 is 1.38 bits per heavy atom. The average Bonchev–Trinajstić information content (AvgIpc) is 2.47. The molecule has 0 unspecified atom stereocenters. The van der Waals surface area contributed by atoms with Crippen molar-refractivity contribution in [3.05, 3.63) is 23.8 Å². The van der Waals surface area contributed by atoms with Crippen molar-refractivity contribution in [3.8, 4) is 5.75 Å². The van der Waals surface area contributed by atoms with E-state index in [-0.39, 0.29) is 30.1 Å². The molecule has 2 rings (SSSR count). The Hall–Kier alpha value is -1.84. The van der Waals surface area contributed by atoms with Gasteiger partial charge in [-0.05, 0) is 18.2 Å². The molecule has 0 spiro atoms. The van der Waals surface area contributed by atoms with E-state index < -0.39 is 16.2 Å². The molecule has 0 bridgehead atoms. The molecule has 116 valence electrons. The molecule has 8 nitrogen and oxygen atoms in total. The maximum Gasteiger partial charge on any atom is 0.335 e. The zero-order valence-electron chi connectivity index (χ0n) is 11.4. The number of nitrogens with one attached hydrogen (secondary N) is 1. The van der Waals surface area contributed by atoms with E-state index in [2.05, 4.69) is 4.72 Å². The van der Waals surface area contributed by atoms with Crippen LogP contribution < -0.4 is 9.46 Å². The van der Waals surface area contributed by atoms with Crippen LogP contribution in [0.4, 0.5) is 5.69 Å². The van der Waals surface area contributed by atoms with Crippen molar-refractivity contribution >= 4 is 21.9 Å². The monoisotopic (exact) mass is 316 g/mol.